The number of H-pyrrole nitrogens is 1. The highest BCUT2D eigenvalue weighted by Gasteiger charge is 2.22. The number of carbonyl (C=O) groups is 1. The number of pyridine rings is 1. The Hall–Kier alpha value is -3.62. The second-order valence-electron chi connectivity index (χ2n) is 5.96. The molecule has 2 aliphatic rings. The van der Waals surface area contributed by atoms with Crippen LogP contribution in [0.1, 0.15) is 10.4 Å². The summed E-state index contributed by atoms with van der Waals surface area (Å²) in [5, 5.41) is 6.25. The molecule has 1 aromatic carbocycles. The van der Waals surface area contributed by atoms with Crippen LogP contribution in [0.15, 0.2) is 40.2 Å². The van der Waals surface area contributed by atoms with Crippen molar-refractivity contribution in [3.05, 3.63) is 57.0 Å². The van der Waals surface area contributed by atoms with Crippen molar-refractivity contribution in [2.24, 2.45) is 14.1 Å². The molecule has 9 nitrogen and oxygen atoms in total. The summed E-state index contributed by atoms with van der Waals surface area (Å²) in [6, 6.07) is 5.43. The minimum atomic E-state index is -0.593. The summed E-state index contributed by atoms with van der Waals surface area (Å²) >= 11 is 0. The Balaban J connectivity index is 2.01. The van der Waals surface area contributed by atoms with Crippen LogP contribution in [0.4, 0.5) is 0 Å². The third-order valence-electron chi connectivity index (χ3n) is 4.52. The van der Waals surface area contributed by atoms with Crippen LogP contribution < -0.4 is 11.2 Å². The monoisotopic (exact) mass is 353 g/mol. The zero-order chi connectivity index (χ0) is 18.6. The Bertz CT molecular complexity index is 1260. The molecule has 1 N–H and O–H groups in total. The number of rotatable bonds is 2. The summed E-state index contributed by atoms with van der Waals surface area (Å²) in [6.07, 6.45) is 3.15. The lowest BCUT2D eigenvalue weighted by Crippen LogP contribution is -2.19. The molecule has 0 bridgehead atoms. The van der Waals surface area contributed by atoms with E-state index >= 15 is 0 Å². The van der Waals surface area contributed by atoms with E-state index in [4.69, 9.17) is 4.74 Å². The van der Waals surface area contributed by atoms with Gasteiger partial charge in [0.1, 0.15) is 11.3 Å². The van der Waals surface area contributed by atoms with Crippen LogP contribution in [-0.2, 0) is 18.8 Å². The maximum absolute atomic E-state index is 12.1. The van der Waals surface area contributed by atoms with Gasteiger partial charge < -0.3 is 9.30 Å². The normalized spacial score (nSPS) is 11.3. The number of methoxy groups -OCH3 is 1. The summed E-state index contributed by atoms with van der Waals surface area (Å²) in [4.78, 5) is 36.2. The van der Waals surface area contributed by atoms with Gasteiger partial charge in [-0.1, -0.05) is 0 Å². The molecule has 0 saturated carbocycles. The van der Waals surface area contributed by atoms with Gasteiger partial charge in [0.25, 0.3) is 5.56 Å². The molecule has 1 aromatic heterocycles. The van der Waals surface area contributed by atoms with Crippen LogP contribution in [-0.4, -0.2) is 37.0 Å². The van der Waals surface area contributed by atoms with E-state index in [1.54, 1.807) is 41.7 Å². The number of esters is 1. The van der Waals surface area contributed by atoms with Gasteiger partial charge in [-0.2, -0.15) is 5.10 Å². The van der Waals surface area contributed by atoms with Crippen molar-refractivity contribution in [3.63, 3.8) is 0 Å². The maximum atomic E-state index is 12.1. The Labute approximate surface area is 146 Å². The van der Waals surface area contributed by atoms with Crippen LogP contribution in [0.2, 0.25) is 0 Å². The highest BCUT2D eigenvalue weighted by atomic mass is 16.5. The van der Waals surface area contributed by atoms with Crippen molar-refractivity contribution in [3.8, 4) is 16.9 Å². The van der Waals surface area contributed by atoms with Crippen molar-refractivity contribution in [1.29, 1.82) is 0 Å². The Kier molecular flexibility index (Phi) is 3.33. The number of aryl methyl sites for hydroxylation is 2. The molecule has 26 heavy (non-hydrogen) atoms. The molecule has 2 aliphatic heterocycles. The predicted molar refractivity (Wildman–Crippen MR) is 93.9 cm³/mol. The molecule has 0 radical (unpaired) electrons. The molecule has 132 valence electrons. The van der Waals surface area contributed by atoms with E-state index in [2.05, 4.69) is 10.2 Å². The minimum Gasteiger partial charge on any atom is -0.465 e. The number of aromatic nitrogens is 5. The Morgan fingerprint density at radius 1 is 1.12 bits per heavy atom. The van der Waals surface area contributed by atoms with Gasteiger partial charge in [-0.15, -0.1) is 0 Å². The van der Waals surface area contributed by atoms with Gasteiger partial charge >= 0.3 is 11.7 Å². The molecule has 0 amide bonds. The highest BCUT2D eigenvalue weighted by molar-refractivity contribution is 5.96. The first-order valence-corrected chi connectivity index (χ1v) is 7.77. The summed E-state index contributed by atoms with van der Waals surface area (Å²) in [5.41, 5.74) is 2.37. The van der Waals surface area contributed by atoms with Crippen molar-refractivity contribution >= 4 is 17.0 Å². The van der Waals surface area contributed by atoms with Crippen LogP contribution >= 0.6 is 0 Å². The number of nitrogens with one attached hydrogen (secondary N) is 1. The van der Waals surface area contributed by atoms with Gasteiger partial charge in [0.05, 0.1) is 23.7 Å². The Morgan fingerprint density at radius 3 is 2.58 bits per heavy atom. The minimum absolute atomic E-state index is 0.135. The van der Waals surface area contributed by atoms with E-state index in [1.165, 1.54) is 11.7 Å². The van der Waals surface area contributed by atoms with E-state index in [-0.39, 0.29) is 22.5 Å². The first kappa shape index (κ1) is 15.9. The Morgan fingerprint density at radius 2 is 1.85 bits per heavy atom. The first-order chi connectivity index (χ1) is 12.4. The van der Waals surface area contributed by atoms with Gasteiger partial charge in [-0.3, -0.25) is 13.9 Å². The molecular formula is C17H15N5O4. The standard InChI is InChI=1S/C17H15N5O4/c1-20-12-5-4-9(6-13(12)21(2)17(20)25)22-7-10-14(18-19-15(10)23)11(8-22)16(24)26-3/h4-8H,1-3H3,(H,19,23). The summed E-state index contributed by atoms with van der Waals surface area (Å²) in [6.45, 7) is 0. The molecular weight excluding hydrogens is 338 g/mol. The lowest BCUT2D eigenvalue weighted by atomic mass is 10.1. The molecule has 0 atom stereocenters. The summed E-state index contributed by atoms with van der Waals surface area (Å²) < 4.78 is 9.53. The third kappa shape index (κ3) is 2.10. The van der Waals surface area contributed by atoms with Gasteiger partial charge in [0, 0.05) is 32.2 Å². The van der Waals surface area contributed by atoms with E-state index in [0.29, 0.717) is 5.69 Å². The van der Waals surface area contributed by atoms with Crippen molar-refractivity contribution in [2.75, 3.05) is 7.11 Å². The number of imidazole rings is 1. The number of benzene rings is 1. The lowest BCUT2D eigenvalue weighted by molar-refractivity contribution is 0.0600. The maximum Gasteiger partial charge on any atom is 0.341 e. The predicted octanol–water partition coefficient (Wildman–Crippen LogP) is 0.642. The smallest absolute Gasteiger partial charge is 0.341 e. The lowest BCUT2D eigenvalue weighted by Gasteiger charge is -2.12. The van der Waals surface area contributed by atoms with Crippen LogP contribution in [0.3, 0.4) is 0 Å². The fourth-order valence-corrected chi connectivity index (χ4v) is 3.10. The summed E-state index contributed by atoms with van der Waals surface area (Å²) in [7, 11) is 4.66. The number of fused-ring (bicyclic) bond motifs is 2. The number of ether oxygens (including phenoxy) is 1. The fraction of sp³-hybridized carbons (Fsp3) is 0.176. The van der Waals surface area contributed by atoms with Crippen LogP contribution in [0.5, 0.6) is 0 Å². The quantitative estimate of drug-likeness (QED) is 0.533. The number of aromatic amines is 1. The van der Waals surface area contributed by atoms with E-state index in [0.717, 1.165) is 11.0 Å². The van der Waals surface area contributed by atoms with Crippen molar-refractivity contribution in [1.82, 2.24) is 23.9 Å². The molecule has 3 heterocycles. The van der Waals surface area contributed by atoms with Gasteiger partial charge in [-0.25, -0.2) is 14.7 Å². The molecule has 0 aliphatic carbocycles. The molecule has 0 spiro atoms. The van der Waals surface area contributed by atoms with E-state index in [9.17, 15) is 14.4 Å². The molecule has 4 rings (SSSR count). The SMILES string of the molecule is COC(=O)c1cn(-c2ccc3c(c2)n(C)c(=O)n3C)cc2c(=O)[nH]nc1-2. The van der Waals surface area contributed by atoms with Crippen molar-refractivity contribution < 1.29 is 9.53 Å². The van der Waals surface area contributed by atoms with Crippen molar-refractivity contribution in [2.45, 2.75) is 0 Å². The topological polar surface area (TPSA) is 104 Å². The average molecular weight is 353 g/mol. The molecule has 0 saturated heterocycles. The number of nitrogens with zero attached hydrogens (tertiary/aromatic N) is 4. The molecule has 2 aromatic rings. The van der Waals surface area contributed by atoms with Gasteiger partial charge in [0.2, 0.25) is 0 Å². The highest BCUT2D eigenvalue weighted by Crippen LogP contribution is 2.24. The zero-order valence-electron chi connectivity index (χ0n) is 14.3. The molecule has 0 fully saturated rings. The average Bonchev–Trinajstić information content (AvgIpc) is 3.14. The fourth-order valence-electron chi connectivity index (χ4n) is 3.10. The van der Waals surface area contributed by atoms with E-state index < -0.39 is 11.5 Å². The second-order valence-corrected chi connectivity index (χ2v) is 5.96. The van der Waals surface area contributed by atoms with E-state index in [1.807, 2.05) is 12.1 Å². The van der Waals surface area contributed by atoms with Crippen LogP contribution in [0, 0.1) is 0 Å². The number of hydrogen-bond donors (Lipinski definition) is 1. The first-order valence-electron chi connectivity index (χ1n) is 7.77. The molecule has 0 unspecified atom stereocenters. The number of carbonyl (C=O) groups excluding carboxylic acids is 1. The zero-order valence-corrected chi connectivity index (χ0v) is 14.3. The number of hydrogen-bond acceptors (Lipinski definition) is 5. The second kappa shape index (κ2) is 5.45. The largest absolute Gasteiger partial charge is 0.465 e. The molecule has 9 heteroatoms. The van der Waals surface area contributed by atoms with Gasteiger partial charge in [-0.05, 0) is 18.2 Å². The van der Waals surface area contributed by atoms with Crippen LogP contribution in [0.25, 0.3) is 28.0 Å². The summed E-state index contributed by atoms with van der Waals surface area (Å²) in [5.74, 6) is -0.593. The van der Waals surface area contributed by atoms with Gasteiger partial charge in [0.15, 0.2) is 0 Å². The third-order valence-corrected chi connectivity index (χ3v) is 4.52.